The zero-order chi connectivity index (χ0) is 24.1. The highest BCUT2D eigenvalue weighted by Crippen LogP contribution is 2.24. The number of halogens is 1. The van der Waals surface area contributed by atoms with Crippen LogP contribution in [0, 0.1) is 13.8 Å². The summed E-state index contributed by atoms with van der Waals surface area (Å²) in [6, 6.07) is 11.5. The largest absolute Gasteiger partial charge is 0.355 e. The summed E-state index contributed by atoms with van der Waals surface area (Å²) in [5.74, 6) is -0.795. The molecular weight excluding hydrogens is 450 g/mol. The van der Waals surface area contributed by atoms with E-state index in [1.165, 1.54) is 4.90 Å². The molecule has 0 fully saturated rings. The lowest BCUT2D eigenvalue weighted by Crippen LogP contribution is -2.51. The number of anilines is 1. The van der Waals surface area contributed by atoms with Gasteiger partial charge in [-0.05, 0) is 57.0 Å². The second-order valence-corrected chi connectivity index (χ2v) is 10.1. The van der Waals surface area contributed by atoms with Gasteiger partial charge in [0.1, 0.15) is 12.6 Å². The fraction of sp³-hybridized carbons (Fsp3) is 0.391. The number of hydrogen-bond acceptors (Lipinski definition) is 4. The smallest absolute Gasteiger partial charge is 0.244 e. The number of aryl methyl sites for hydroxylation is 2. The number of carbonyl (C=O) groups is 2. The van der Waals surface area contributed by atoms with Crippen LogP contribution in [0.15, 0.2) is 42.5 Å². The van der Waals surface area contributed by atoms with Crippen molar-refractivity contribution in [3.63, 3.8) is 0 Å². The molecule has 0 saturated heterocycles. The number of benzene rings is 2. The standard InChI is InChI=1S/C23H30ClN3O4S/c1-6-25-23(29)18(4)26(14-19-8-10-20(24)11-9-19)22(28)15-27(32(5,30)31)21-12-7-16(2)13-17(21)3/h7-13,18H,6,14-15H2,1-5H3,(H,25,29)/t18-/m1/s1. The molecule has 0 bridgehead atoms. The van der Waals surface area contributed by atoms with Crippen molar-refractivity contribution in [2.75, 3.05) is 23.7 Å². The molecule has 0 spiro atoms. The maximum absolute atomic E-state index is 13.4. The molecule has 2 amide bonds. The van der Waals surface area contributed by atoms with Crippen LogP contribution in [0.5, 0.6) is 0 Å². The molecule has 0 saturated carbocycles. The minimum atomic E-state index is -3.75. The van der Waals surface area contributed by atoms with Gasteiger partial charge in [0, 0.05) is 18.1 Å². The van der Waals surface area contributed by atoms with Crippen LogP contribution in [0.4, 0.5) is 5.69 Å². The molecule has 0 heterocycles. The average molecular weight is 480 g/mol. The summed E-state index contributed by atoms with van der Waals surface area (Å²) in [6.45, 7) is 7.27. The van der Waals surface area contributed by atoms with E-state index in [1.54, 1.807) is 57.2 Å². The zero-order valence-electron chi connectivity index (χ0n) is 19.1. The molecule has 0 radical (unpaired) electrons. The molecule has 0 unspecified atom stereocenters. The number of nitrogens with zero attached hydrogens (tertiary/aromatic N) is 2. The monoisotopic (exact) mass is 479 g/mol. The Morgan fingerprint density at radius 3 is 2.25 bits per heavy atom. The van der Waals surface area contributed by atoms with Crippen LogP contribution in [0.25, 0.3) is 0 Å². The molecule has 32 heavy (non-hydrogen) atoms. The third-order valence-electron chi connectivity index (χ3n) is 5.08. The maximum Gasteiger partial charge on any atom is 0.244 e. The Kier molecular flexibility index (Phi) is 8.69. The number of nitrogens with one attached hydrogen (secondary N) is 1. The highest BCUT2D eigenvalue weighted by molar-refractivity contribution is 7.92. The van der Waals surface area contributed by atoms with Crippen LogP contribution >= 0.6 is 11.6 Å². The molecule has 2 aromatic rings. The third kappa shape index (κ3) is 6.71. The van der Waals surface area contributed by atoms with Crippen molar-refractivity contribution in [3.8, 4) is 0 Å². The molecular formula is C23H30ClN3O4S. The van der Waals surface area contributed by atoms with Crippen molar-refractivity contribution in [1.82, 2.24) is 10.2 Å². The summed E-state index contributed by atoms with van der Waals surface area (Å²) in [7, 11) is -3.75. The molecule has 0 aliphatic heterocycles. The van der Waals surface area contributed by atoms with Gasteiger partial charge in [-0.1, -0.05) is 41.4 Å². The fourth-order valence-electron chi connectivity index (χ4n) is 3.37. The SMILES string of the molecule is CCNC(=O)[C@@H](C)N(Cc1ccc(Cl)cc1)C(=O)CN(c1ccc(C)cc1C)S(C)(=O)=O. The van der Waals surface area contributed by atoms with Crippen LogP contribution in [0.1, 0.15) is 30.5 Å². The Morgan fingerprint density at radius 2 is 1.72 bits per heavy atom. The Labute approximate surface area is 195 Å². The molecule has 0 aliphatic carbocycles. The van der Waals surface area contributed by atoms with E-state index in [9.17, 15) is 18.0 Å². The first-order valence-electron chi connectivity index (χ1n) is 10.3. The summed E-state index contributed by atoms with van der Waals surface area (Å²) in [5, 5.41) is 3.28. The lowest BCUT2D eigenvalue weighted by atomic mass is 10.1. The normalized spacial score (nSPS) is 12.2. The second kappa shape index (κ2) is 10.8. The number of sulfonamides is 1. The number of hydrogen-bond donors (Lipinski definition) is 1. The zero-order valence-corrected chi connectivity index (χ0v) is 20.6. The fourth-order valence-corrected chi connectivity index (χ4v) is 4.40. The first-order valence-corrected chi connectivity index (χ1v) is 12.5. The van der Waals surface area contributed by atoms with E-state index in [0.29, 0.717) is 17.3 Å². The Morgan fingerprint density at radius 1 is 1.09 bits per heavy atom. The Bertz CT molecular complexity index is 1070. The summed E-state index contributed by atoms with van der Waals surface area (Å²) in [5.41, 5.74) is 2.93. The summed E-state index contributed by atoms with van der Waals surface area (Å²) < 4.78 is 26.3. The molecule has 0 aromatic heterocycles. The van der Waals surface area contributed by atoms with Crippen LogP contribution < -0.4 is 9.62 Å². The Balaban J connectivity index is 2.40. The van der Waals surface area contributed by atoms with Crippen LogP contribution in [0.3, 0.4) is 0 Å². The lowest BCUT2D eigenvalue weighted by Gasteiger charge is -2.32. The van der Waals surface area contributed by atoms with E-state index in [0.717, 1.165) is 27.3 Å². The van der Waals surface area contributed by atoms with Crippen LogP contribution in [-0.2, 0) is 26.2 Å². The molecule has 2 aromatic carbocycles. The van der Waals surface area contributed by atoms with Gasteiger partial charge in [-0.3, -0.25) is 13.9 Å². The van der Waals surface area contributed by atoms with Gasteiger partial charge in [-0.15, -0.1) is 0 Å². The molecule has 9 heteroatoms. The Hall–Kier alpha value is -2.58. The van der Waals surface area contributed by atoms with Crippen molar-refractivity contribution >= 4 is 39.1 Å². The predicted molar refractivity (Wildman–Crippen MR) is 128 cm³/mol. The molecule has 0 aliphatic rings. The highest BCUT2D eigenvalue weighted by Gasteiger charge is 2.30. The van der Waals surface area contributed by atoms with Crippen LogP contribution in [0.2, 0.25) is 5.02 Å². The van der Waals surface area contributed by atoms with E-state index in [4.69, 9.17) is 11.6 Å². The van der Waals surface area contributed by atoms with Gasteiger partial charge in [-0.25, -0.2) is 8.42 Å². The van der Waals surface area contributed by atoms with E-state index in [-0.39, 0.29) is 12.5 Å². The van der Waals surface area contributed by atoms with Gasteiger partial charge in [-0.2, -0.15) is 0 Å². The number of likely N-dealkylation sites (N-methyl/N-ethyl adjacent to an activating group) is 1. The van der Waals surface area contributed by atoms with Gasteiger partial charge >= 0.3 is 0 Å². The minimum absolute atomic E-state index is 0.138. The van der Waals surface area contributed by atoms with Crippen molar-refractivity contribution in [2.45, 2.75) is 40.3 Å². The van der Waals surface area contributed by atoms with Crippen LogP contribution in [-0.4, -0.2) is 50.5 Å². The summed E-state index contributed by atoms with van der Waals surface area (Å²) >= 11 is 5.96. The number of amides is 2. The minimum Gasteiger partial charge on any atom is -0.355 e. The van der Waals surface area contributed by atoms with E-state index >= 15 is 0 Å². The van der Waals surface area contributed by atoms with Gasteiger partial charge in [0.05, 0.1) is 11.9 Å². The van der Waals surface area contributed by atoms with Crippen molar-refractivity contribution in [3.05, 3.63) is 64.2 Å². The van der Waals surface area contributed by atoms with Gasteiger partial charge in [0.25, 0.3) is 0 Å². The predicted octanol–water partition coefficient (Wildman–Crippen LogP) is 3.28. The first kappa shape index (κ1) is 25.7. The average Bonchev–Trinajstić information content (AvgIpc) is 2.71. The molecule has 1 N–H and O–H groups in total. The maximum atomic E-state index is 13.4. The summed E-state index contributed by atoms with van der Waals surface area (Å²) in [6.07, 6.45) is 1.07. The van der Waals surface area contributed by atoms with Gasteiger partial charge in [0.15, 0.2) is 0 Å². The van der Waals surface area contributed by atoms with Crippen molar-refractivity contribution in [1.29, 1.82) is 0 Å². The molecule has 174 valence electrons. The summed E-state index contributed by atoms with van der Waals surface area (Å²) in [4.78, 5) is 27.3. The van der Waals surface area contributed by atoms with E-state index in [1.807, 2.05) is 13.0 Å². The topological polar surface area (TPSA) is 86.8 Å². The first-order chi connectivity index (χ1) is 14.9. The number of rotatable bonds is 9. The van der Waals surface area contributed by atoms with Crippen molar-refractivity contribution < 1.29 is 18.0 Å². The van der Waals surface area contributed by atoms with Gasteiger partial charge < -0.3 is 10.2 Å². The lowest BCUT2D eigenvalue weighted by molar-refractivity contribution is -0.139. The molecule has 7 nitrogen and oxygen atoms in total. The number of carbonyl (C=O) groups excluding carboxylic acids is 2. The van der Waals surface area contributed by atoms with E-state index < -0.39 is 28.5 Å². The quantitative estimate of drug-likeness (QED) is 0.598. The van der Waals surface area contributed by atoms with E-state index in [2.05, 4.69) is 5.32 Å². The molecule has 2 rings (SSSR count). The second-order valence-electron chi connectivity index (χ2n) is 7.78. The van der Waals surface area contributed by atoms with Gasteiger partial charge in [0.2, 0.25) is 21.8 Å². The van der Waals surface area contributed by atoms with Crippen molar-refractivity contribution in [2.24, 2.45) is 0 Å². The highest BCUT2D eigenvalue weighted by atomic mass is 35.5. The third-order valence-corrected chi connectivity index (χ3v) is 6.46. The molecule has 1 atom stereocenters.